The molecule has 0 radical (unpaired) electrons. The number of hydrogen-bond donors (Lipinski definition) is 0. The van der Waals surface area contributed by atoms with Gasteiger partial charge < -0.3 is 14.4 Å². The predicted molar refractivity (Wildman–Crippen MR) is 95.0 cm³/mol. The van der Waals surface area contributed by atoms with Crippen LogP contribution in [0, 0.1) is 19.1 Å². The molecule has 0 fully saturated rings. The van der Waals surface area contributed by atoms with Crippen LogP contribution in [0.2, 0.25) is 0 Å². The molecule has 8 heteroatoms. The van der Waals surface area contributed by atoms with E-state index in [2.05, 4.69) is 26.0 Å². The Kier molecular flexibility index (Phi) is 38.1. The largest absolute Gasteiger partial charge is 1.00 e. The topological polar surface area (TPSA) is 51.2 Å². The van der Waals surface area contributed by atoms with Gasteiger partial charge in [-0.05, 0) is 0 Å². The zero-order chi connectivity index (χ0) is 21.0. The third kappa shape index (κ3) is 22.7. The van der Waals surface area contributed by atoms with Crippen LogP contribution in [-0.4, -0.2) is 19.9 Å². The van der Waals surface area contributed by atoms with Gasteiger partial charge >= 0.3 is 109 Å². The number of alkyl halides is 3. The standard InChI is InChI=1S/C9H10.C7H4F3.C2H3O.2CH2O.2K/c1-3-9-7-5-4-6-8(9)2;8-7(9,10)6-4-2-1-3-5-6;1-2-3;2*1-2;;/h4,6-7H,2-3H2,1H3;1-2,4-5H;1H3;2*1H2;;/q-2;2*-1;;;2*+1. The molecule has 0 saturated carbocycles. The van der Waals surface area contributed by atoms with Crippen molar-refractivity contribution in [3.63, 3.8) is 0 Å². The summed E-state index contributed by atoms with van der Waals surface area (Å²) in [5, 5.41) is 0. The fourth-order valence-corrected chi connectivity index (χ4v) is 1.40. The molecule has 28 heavy (non-hydrogen) atoms. The first-order valence-electron chi connectivity index (χ1n) is 7.07. The second kappa shape index (κ2) is 27.4. The van der Waals surface area contributed by atoms with E-state index in [1.807, 2.05) is 31.8 Å². The number of carbonyl (C=O) groups is 2. The van der Waals surface area contributed by atoms with Gasteiger partial charge in [0, 0.05) is 0 Å². The van der Waals surface area contributed by atoms with Crippen LogP contribution in [0.3, 0.4) is 0 Å². The van der Waals surface area contributed by atoms with Crippen LogP contribution in [0.25, 0.3) is 0 Å². The van der Waals surface area contributed by atoms with Crippen molar-refractivity contribution in [2.75, 3.05) is 0 Å². The van der Waals surface area contributed by atoms with Crippen molar-refractivity contribution in [1.29, 1.82) is 0 Å². The van der Waals surface area contributed by atoms with Gasteiger partial charge in [-0.3, -0.25) is 6.29 Å². The molecular formula is C20H21F3K2O3-2. The Balaban J connectivity index is -0.0000000909. The summed E-state index contributed by atoms with van der Waals surface area (Å²) >= 11 is 0. The molecule has 0 unspecified atom stereocenters. The fourth-order valence-electron chi connectivity index (χ4n) is 1.40. The summed E-state index contributed by atoms with van der Waals surface area (Å²) < 4.78 is 35.3. The van der Waals surface area contributed by atoms with E-state index < -0.39 is 11.7 Å². The van der Waals surface area contributed by atoms with Gasteiger partial charge in [-0.25, -0.2) is 0 Å². The molecule has 3 nitrogen and oxygen atoms in total. The normalized spacial score (nSPS) is 7.89. The quantitative estimate of drug-likeness (QED) is 0.397. The van der Waals surface area contributed by atoms with Crippen LogP contribution in [0.5, 0.6) is 0 Å². The smallest absolute Gasteiger partial charge is 0.542 e. The minimum absolute atomic E-state index is 0. The Hall–Kier alpha value is 0.383. The third-order valence-electron chi connectivity index (χ3n) is 2.47. The molecule has 2 rings (SSSR count). The molecule has 0 aliphatic rings. The van der Waals surface area contributed by atoms with Crippen molar-refractivity contribution in [2.45, 2.75) is 26.4 Å². The van der Waals surface area contributed by atoms with E-state index in [1.165, 1.54) is 30.9 Å². The van der Waals surface area contributed by atoms with Crippen LogP contribution in [-0.2, 0) is 27.0 Å². The van der Waals surface area contributed by atoms with Crippen molar-refractivity contribution in [1.82, 2.24) is 0 Å². The summed E-state index contributed by atoms with van der Waals surface area (Å²) in [6.45, 7) is 11.3. The van der Waals surface area contributed by atoms with E-state index in [0.717, 1.165) is 24.1 Å². The van der Waals surface area contributed by atoms with E-state index in [1.54, 1.807) is 0 Å². The third-order valence-corrected chi connectivity index (χ3v) is 2.47. The minimum Gasteiger partial charge on any atom is -0.542 e. The number of aryl methyl sites for hydroxylation is 1. The molecule has 0 aliphatic carbocycles. The molecule has 0 N–H and O–H groups in total. The van der Waals surface area contributed by atoms with Gasteiger partial charge in [0.1, 0.15) is 13.6 Å². The van der Waals surface area contributed by atoms with Crippen LogP contribution < -0.4 is 103 Å². The second-order valence-electron chi connectivity index (χ2n) is 4.04. The van der Waals surface area contributed by atoms with Gasteiger partial charge in [-0.1, -0.05) is 18.9 Å². The van der Waals surface area contributed by atoms with Gasteiger partial charge in [0.2, 0.25) is 0 Å². The van der Waals surface area contributed by atoms with Crippen molar-refractivity contribution >= 4 is 19.9 Å². The Morgan fingerprint density at radius 2 is 1.50 bits per heavy atom. The zero-order valence-electron chi connectivity index (χ0n) is 16.7. The molecule has 0 saturated heterocycles. The zero-order valence-corrected chi connectivity index (χ0v) is 23.0. The van der Waals surface area contributed by atoms with Crippen molar-refractivity contribution in [3.8, 4) is 0 Å². The van der Waals surface area contributed by atoms with Crippen LogP contribution in [0.4, 0.5) is 13.2 Å². The molecule has 144 valence electrons. The van der Waals surface area contributed by atoms with Gasteiger partial charge in [-0.15, -0.1) is 0 Å². The summed E-state index contributed by atoms with van der Waals surface area (Å²) in [5.74, 6) is 0. The van der Waals surface area contributed by atoms with E-state index in [9.17, 15) is 13.2 Å². The summed E-state index contributed by atoms with van der Waals surface area (Å²) in [7, 11) is 0. The van der Waals surface area contributed by atoms with Gasteiger partial charge in [0.05, 0.1) is 0 Å². The molecule has 0 bridgehead atoms. The average molecular weight is 445 g/mol. The van der Waals surface area contributed by atoms with Gasteiger partial charge in [0.25, 0.3) is 0 Å². The maximum atomic E-state index is 11.8. The second-order valence-corrected chi connectivity index (χ2v) is 4.04. The molecule has 0 aliphatic heterocycles. The van der Waals surface area contributed by atoms with Crippen LogP contribution in [0.15, 0.2) is 42.5 Å². The first kappa shape index (κ1) is 38.9. The fraction of sp³-hybridized carbons (Fsp3) is 0.200. The van der Waals surface area contributed by atoms with E-state index in [0.29, 0.717) is 0 Å². The summed E-state index contributed by atoms with van der Waals surface area (Å²) in [6, 6.07) is 15.9. The Bertz CT molecular complexity index is 578. The number of carbonyl (C=O) groups excluding carboxylic acids is 3. The molecule has 0 heterocycles. The summed E-state index contributed by atoms with van der Waals surface area (Å²) in [5.41, 5.74) is 1.75. The molecule has 2 aromatic carbocycles. The van der Waals surface area contributed by atoms with Gasteiger partial charge in [0.15, 0.2) is 0 Å². The Morgan fingerprint density at radius 3 is 1.75 bits per heavy atom. The Labute approximate surface area is 250 Å². The molecule has 0 amide bonds. The molecule has 0 aromatic heterocycles. The van der Waals surface area contributed by atoms with Gasteiger partial charge in [-0.2, -0.15) is 92.7 Å². The molecular weight excluding hydrogens is 423 g/mol. The van der Waals surface area contributed by atoms with Crippen LogP contribution in [0.1, 0.15) is 30.5 Å². The summed E-state index contributed by atoms with van der Waals surface area (Å²) in [6.07, 6.45) is -1.69. The number of halogens is 3. The predicted octanol–water partition coefficient (Wildman–Crippen LogP) is -1.51. The first-order chi connectivity index (χ1) is 12.4. The van der Waals surface area contributed by atoms with E-state index in [-0.39, 0.29) is 103 Å². The van der Waals surface area contributed by atoms with E-state index in [4.69, 9.17) is 14.4 Å². The average Bonchev–Trinajstić information content (AvgIpc) is 2.67. The van der Waals surface area contributed by atoms with Crippen molar-refractivity contribution in [3.05, 3.63) is 78.2 Å². The van der Waals surface area contributed by atoms with Crippen molar-refractivity contribution in [2.24, 2.45) is 0 Å². The van der Waals surface area contributed by atoms with Crippen LogP contribution >= 0.6 is 0 Å². The SMILES string of the molecule is C=O.C=O.C[C-]=O.FC(F)(F)c1c[c-]ccc1.[CH2-]c1cc[c-]cc1CC.[K+].[K+]. The monoisotopic (exact) mass is 444 g/mol. The summed E-state index contributed by atoms with van der Waals surface area (Å²) in [4.78, 5) is 24.7. The molecule has 0 spiro atoms. The van der Waals surface area contributed by atoms with E-state index >= 15 is 0 Å². The van der Waals surface area contributed by atoms with Crippen molar-refractivity contribution < 1.29 is 130 Å². The maximum Gasteiger partial charge on any atom is 1.00 e. The molecule has 0 atom stereocenters. The maximum absolute atomic E-state index is 11.8. The first-order valence-corrected chi connectivity index (χ1v) is 7.07. The number of benzene rings is 2. The Morgan fingerprint density at radius 1 is 1.04 bits per heavy atom. The minimum atomic E-state index is -4.24. The number of rotatable bonds is 1. The number of hydrogen-bond acceptors (Lipinski definition) is 3. The molecule has 2 aromatic rings.